The van der Waals surface area contributed by atoms with Crippen molar-refractivity contribution < 1.29 is 19.2 Å². The van der Waals surface area contributed by atoms with Crippen LogP contribution in [0.3, 0.4) is 0 Å². The molecule has 38 heavy (non-hydrogen) atoms. The number of methoxy groups -OCH3 is 2. The van der Waals surface area contributed by atoms with Crippen LogP contribution in [0.15, 0.2) is 85.1 Å². The normalized spacial score (nSPS) is 10.5. The van der Waals surface area contributed by atoms with Crippen molar-refractivity contribution >= 4 is 17.5 Å². The van der Waals surface area contributed by atoms with Gasteiger partial charge in [-0.3, -0.25) is 14.9 Å². The first-order valence-corrected chi connectivity index (χ1v) is 11.8. The zero-order valence-corrected chi connectivity index (χ0v) is 21.0. The van der Waals surface area contributed by atoms with Crippen LogP contribution in [0.2, 0.25) is 0 Å². The number of hydrogen-bond donors (Lipinski definition) is 1. The third kappa shape index (κ3) is 6.82. The largest absolute Gasteiger partial charge is 0.497 e. The van der Waals surface area contributed by atoms with Crippen LogP contribution in [-0.4, -0.2) is 35.0 Å². The number of amides is 1. The van der Waals surface area contributed by atoms with E-state index < -0.39 is 4.92 Å². The molecule has 1 N–H and O–H groups in total. The highest BCUT2D eigenvalue weighted by Gasteiger charge is 2.14. The van der Waals surface area contributed by atoms with Gasteiger partial charge in [0.15, 0.2) is 0 Å². The van der Waals surface area contributed by atoms with E-state index in [0.29, 0.717) is 30.3 Å². The molecule has 0 aliphatic rings. The number of aromatic nitrogens is 2. The summed E-state index contributed by atoms with van der Waals surface area (Å²) in [5.41, 5.74) is 2.99. The number of non-ortho nitro benzene ring substituents is 1. The Morgan fingerprint density at radius 2 is 1.42 bits per heavy atom. The summed E-state index contributed by atoms with van der Waals surface area (Å²) in [6, 6.07) is 22.8. The predicted molar refractivity (Wildman–Crippen MR) is 142 cm³/mol. The smallest absolute Gasteiger partial charge is 0.269 e. The minimum absolute atomic E-state index is 0.0733. The molecule has 0 radical (unpaired) electrons. The van der Waals surface area contributed by atoms with Gasteiger partial charge in [0, 0.05) is 37.0 Å². The SMILES string of the molecule is COc1ccc(CN(Cc2ccc(OC)cc2)c2nccc(CNC(=O)c3ccc([N+](=O)[O-])cc3)n2)cc1. The summed E-state index contributed by atoms with van der Waals surface area (Å²) in [5.74, 6) is 1.71. The van der Waals surface area contributed by atoms with Crippen molar-refractivity contribution in [1.82, 2.24) is 15.3 Å². The fraction of sp³-hybridized carbons (Fsp3) is 0.179. The van der Waals surface area contributed by atoms with Gasteiger partial charge in [-0.15, -0.1) is 0 Å². The summed E-state index contributed by atoms with van der Waals surface area (Å²) in [5, 5.41) is 13.7. The molecule has 0 atom stereocenters. The number of nitrogens with one attached hydrogen (secondary N) is 1. The number of nitro groups is 1. The van der Waals surface area contributed by atoms with Crippen molar-refractivity contribution in [2.75, 3.05) is 19.1 Å². The second-order valence-corrected chi connectivity index (χ2v) is 8.39. The van der Waals surface area contributed by atoms with Gasteiger partial charge in [0.2, 0.25) is 5.95 Å². The maximum atomic E-state index is 12.5. The van der Waals surface area contributed by atoms with Gasteiger partial charge in [0.25, 0.3) is 11.6 Å². The molecule has 3 aromatic carbocycles. The summed E-state index contributed by atoms with van der Waals surface area (Å²) in [4.78, 5) is 34.1. The van der Waals surface area contributed by atoms with Crippen molar-refractivity contribution in [2.45, 2.75) is 19.6 Å². The monoisotopic (exact) mass is 513 g/mol. The molecule has 4 rings (SSSR count). The highest BCUT2D eigenvalue weighted by molar-refractivity contribution is 5.94. The molecule has 4 aromatic rings. The van der Waals surface area contributed by atoms with Gasteiger partial charge in [0.1, 0.15) is 11.5 Å². The summed E-state index contributed by atoms with van der Waals surface area (Å²) in [6.45, 7) is 1.27. The van der Waals surface area contributed by atoms with Gasteiger partial charge in [-0.1, -0.05) is 24.3 Å². The summed E-state index contributed by atoms with van der Waals surface area (Å²) >= 11 is 0. The van der Waals surface area contributed by atoms with E-state index in [1.54, 1.807) is 26.5 Å². The van der Waals surface area contributed by atoms with E-state index in [1.165, 1.54) is 24.3 Å². The Hall–Kier alpha value is -4.99. The second kappa shape index (κ2) is 12.3. The molecule has 0 fully saturated rings. The summed E-state index contributed by atoms with van der Waals surface area (Å²) in [6.07, 6.45) is 1.66. The lowest BCUT2D eigenvalue weighted by atomic mass is 10.1. The highest BCUT2D eigenvalue weighted by atomic mass is 16.6. The number of nitrogens with zero attached hydrogens (tertiary/aromatic N) is 4. The molecule has 0 aliphatic carbocycles. The number of nitro benzene ring substituents is 1. The topological polar surface area (TPSA) is 120 Å². The van der Waals surface area contributed by atoms with E-state index in [1.807, 2.05) is 53.4 Å². The zero-order valence-electron chi connectivity index (χ0n) is 21.0. The summed E-state index contributed by atoms with van der Waals surface area (Å²) < 4.78 is 10.5. The zero-order chi connectivity index (χ0) is 26.9. The van der Waals surface area contributed by atoms with Gasteiger partial charge >= 0.3 is 0 Å². The molecule has 1 aromatic heterocycles. The Kier molecular flexibility index (Phi) is 8.45. The van der Waals surface area contributed by atoms with E-state index >= 15 is 0 Å². The molecule has 1 amide bonds. The van der Waals surface area contributed by atoms with Crippen LogP contribution in [0.25, 0.3) is 0 Å². The molecule has 10 heteroatoms. The average molecular weight is 514 g/mol. The number of carbonyl (C=O) groups excluding carboxylic acids is 1. The van der Waals surface area contributed by atoms with Crippen LogP contribution in [0.4, 0.5) is 11.6 Å². The van der Waals surface area contributed by atoms with Gasteiger partial charge in [-0.2, -0.15) is 0 Å². The third-order valence-electron chi connectivity index (χ3n) is 5.82. The van der Waals surface area contributed by atoms with Crippen LogP contribution >= 0.6 is 0 Å². The highest BCUT2D eigenvalue weighted by Crippen LogP contribution is 2.20. The van der Waals surface area contributed by atoms with Gasteiger partial charge < -0.3 is 19.7 Å². The lowest BCUT2D eigenvalue weighted by Gasteiger charge is -2.23. The lowest BCUT2D eigenvalue weighted by molar-refractivity contribution is -0.384. The van der Waals surface area contributed by atoms with Crippen LogP contribution < -0.4 is 19.7 Å². The molecule has 0 saturated heterocycles. The van der Waals surface area contributed by atoms with E-state index in [9.17, 15) is 14.9 Å². The van der Waals surface area contributed by atoms with Crippen molar-refractivity contribution in [2.24, 2.45) is 0 Å². The first-order valence-electron chi connectivity index (χ1n) is 11.8. The van der Waals surface area contributed by atoms with Crippen molar-refractivity contribution in [3.05, 3.63) is 118 Å². The Balaban J connectivity index is 1.51. The van der Waals surface area contributed by atoms with Crippen LogP contribution in [0, 0.1) is 10.1 Å². The molecular formula is C28H27N5O5. The van der Waals surface area contributed by atoms with Crippen LogP contribution in [0.1, 0.15) is 27.2 Å². The molecule has 0 saturated carbocycles. The molecule has 194 valence electrons. The predicted octanol–water partition coefficient (Wildman–Crippen LogP) is 4.54. The second-order valence-electron chi connectivity index (χ2n) is 8.39. The lowest BCUT2D eigenvalue weighted by Crippen LogP contribution is -2.26. The third-order valence-corrected chi connectivity index (χ3v) is 5.82. The molecule has 0 unspecified atom stereocenters. The first kappa shape index (κ1) is 26.1. The fourth-order valence-electron chi connectivity index (χ4n) is 3.74. The Morgan fingerprint density at radius 1 is 0.868 bits per heavy atom. The van der Waals surface area contributed by atoms with Crippen LogP contribution in [0.5, 0.6) is 11.5 Å². The average Bonchev–Trinajstić information content (AvgIpc) is 2.96. The molecule has 0 spiro atoms. The number of hydrogen-bond acceptors (Lipinski definition) is 8. The minimum Gasteiger partial charge on any atom is -0.497 e. The van der Waals surface area contributed by atoms with Gasteiger partial charge in [-0.05, 0) is 53.6 Å². The number of benzene rings is 3. The van der Waals surface area contributed by atoms with Crippen LogP contribution in [-0.2, 0) is 19.6 Å². The van der Waals surface area contributed by atoms with Crippen molar-refractivity contribution in [1.29, 1.82) is 0 Å². The standard InChI is InChI=1S/C28H27N5O5/c1-37-25-11-3-20(4-12-25)18-32(19-21-5-13-26(38-2)14-6-21)28-29-16-15-23(31-28)17-30-27(34)22-7-9-24(10-8-22)33(35)36/h3-16H,17-19H2,1-2H3,(H,30,34). The Bertz CT molecular complexity index is 1330. The van der Waals surface area contributed by atoms with Crippen molar-refractivity contribution in [3.8, 4) is 11.5 Å². The quantitative estimate of drug-likeness (QED) is 0.229. The van der Waals surface area contributed by atoms with E-state index in [2.05, 4.69) is 10.3 Å². The number of rotatable bonds is 11. The van der Waals surface area contributed by atoms with Crippen molar-refractivity contribution in [3.63, 3.8) is 0 Å². The number of carbonyl (C=O) groups is 1. The molecule has 0 aliphatic heterocycles. The number of anilines is 1. The fourth-order valence-corrected chi connectivity index (χ4v) is 3.74. The maximum absolute atomic E-state index is 12.5. The van der Waals surface area contributed by atoms with E-state index in [-0.39, 0.29) is 18.1 Å². The Labute approximate surface area is 220 Å². The van der Waals surface area contributed by atoms with Gasteiger partial charge in [0.05, 0.1) is 31.4 Å². The molecular weight excluding hydrogens is 486 g/mol. The molecule has 0 bridgehead atoms. The van der Waals surface area contributed by atoms with E-state index in [4.69, 9.17) is 14.5 Å². The molecule has 1 heterocycles. The summed E-state index contributed by atoms with van der Waals surface area (Å²) in [7, 11) is 3.26. The van der Waals surface area contributed by atoms with Gasteiger partial charge in [-0.25, -0.2) is 9.97 Å². The van der Waals surface area contributed by atoms with E-state index in [0.717, 1.165) is 22.6 Å². The minimum atomic E-state index is -0.506. The maximum Gasteiger partial charge on any atom is 0.269 e. The Morgan fingerprint density at radius 3 is 1.92 bits per heavy atom. The first-order chi connectivity index (χ1) is 18.4. The molecule has 10 nitrogen and oxygen atoms in total. The number of ether oxygens (including phenoxy) is 2.